The van der Waals surface area contributed by atoms with E-state index in [1.807, 2.05) is 0 Å². The summed E-state index contributed by atoms with van der Waals surface area (Å²) in [6.45, 7) is 4.57. The lowest BCUT2D eigenvalue weighted by Crippen LogP contribution is -2.36. The second-order valence-corrected chi connectivity index (χ2v) is 6.05. The molecule has 0 aliphatic carbocycles. The van der Waals surface area contributed by atoms with Gasteiger partial charge in [0.1, 0.15) is 0 Å². The van der Waals surface area contributed by atoms with Crippen LogP contribution in [-0.2, 0) is 10.5 Å². The molecule has 2 aliphatic rings. The smallest absolute Gasteiger partial charge is 0.0438 e. The molecule has 1 aromatic carbocycles. The number of fused-ring (bicyclic) bond motifs is 2. The van der Waals surface area contributed by atoms with Crippen LogP contribution in [0.3, 0.4) is 0 Å². The summed E-state index contributed by atoms with van der Waals surface area (Å²) in [4.78, 5) is 0. The van der Waals surface area contributed by atoms with Crippen molar-refractivity contribution in [2.24, 2.45) is 0 Å². The molecule has 0 amide bonds. The minimum atomic E-state index is 0.451. The van der Waals surface area contributed by atoms with Gasteiger partial charge in [0.25, 0.3) is 0 Å². The average Bonchev–Trinajstić information content (AvgIpc) is 2.59. The first-order valence-corrected chi connectivity index (χ1v) is 6.73. The minimum Gasteiger partial charge on any atom is -0.317 e. The van der Waals surface area contributed by atoms with Crippen molar-refractivity contribution >= 4 is 11.8 Å². The Labute approximate surface area is 95.6 Å². The van der Waals surface area contributed by atoms with Crippen LogP contribution in [0.5, 0.6) is 0 Å². The molecular formula is C13H17NS. The third-order valence-corrected chi connectivity index (χ3v) is 5.31. The summed E-state index contributed by atoms with van der Waals surface area (Å²) in [5.74, 6) is 1.22. The second-order valence-electron chi connectivity index (χ2n) is 4.69. The number of nitrogens with one attached hydrogen (secondary N) is 1. The Morgan fingerprint density at radius 3 is 2.87 bits per heavy atom. The van der Waals surface area contributed by atoms with Gasteiger partial charge in [0.15, 0.2) is 0 Å². The molecule has 3 rings (SSSR count). The van der Waals surface area contributed by atoms with Gasteiger partial charge in [0.2, 0.25) is 0 Å². The number of benzene rings is 1. The van der Waals surface area contributed by atoms with E-state index in [4.69, 9.17) is 0 Å². The van der Waals surface area contributed by atoms with Gasteiger partial charge in [-0.1, -0.05) is 23.8 Å². The number of aryl methyl sites for hydroxylation is 1. The van der Waals surface area contributed by atoms with Gasteiger partial charge in [-0.25, -0.2) is 0 Å². The Kier molecular flexibility index (Phi) is 2.29. The molecule has 80 valence electrons. The predicted molar refractivity (Wildman–Crippen MR) is 66.3 cm³/mol. The van der Waals surface area contributed by atoms with E-state index >= 15 is 0 Å². The van der Waals surface area contributed by atoms with Crippen molar-refractivity contribution < 1.29 is 0 Å². The standard InChI is InChI=1S/C13H17NS/c1-10-2-3-11-9-15-13(12(11)8-10)4-6-14-7-5-13/h2-3,8,14H,4-7,9H2,1H3. The molecule has 0 atom stereocenters. The van der Waals surface area contributed by atoms with Crippen molar-refractivity contribution in [1.82, 2.24) is 5.32 Å². The molecule has 2 heterocycles. The maximum Gasteiger partial charge on any atom is 0.0438 e. The monoisotopic (exact) mass is 219 g/mol. The second kappa shape index (κ2) is 3.53. The average molecular weight is 219 g/mol. The molecule has 2 heteroatoms. The largest absolute Gasteiger partial charge is 0.317 e. The summed E-state index contributed by atoms with van der Waals surface area (Å²) in [6.07, 6.45) is 2.60. The zero-order chi connectivity index (χ0) is 10.3. The highest BCUT2D eigenvalue weighted by Gasteiger charge is 2.40. The number of thioether (sulfide) groups is 1. The normalized spacial score (nSPS) is 23.0. The van der Waals surface area contributed by atoms with E-state index in [-0.39, 0.29) is 0 Å². The van der Waals surface area contributed by atoms with Crippen LogP contribution in [0.25, 0.3) is 0 Å². The molecule has 2 aliphatic heterocycles. The molecule has 0 aromatic heterocycles. The van der Waals surface area contributed by atoms with Crippen molar-refractivity contribution in [3.8, 4) is 0 Å². The van der Waals surface area contributed by atoms with Crippen molar-refractivity contribution in [2.45, 2.75) is 30.3 Å². The molecular weight excluding hydrogens is 202 g/mol. The Bertz CT molecular complexity index is 375. The lowest BCUT2D eigenvalue weighted by atomic mass is 9.86. The van der Waals surface area contributed by atoms with E-state index in [1.165, 1.54) is 37.2 Å². The quantitative estimate of drug-likeness (QED) is 0.720. The van der Waals surface area contributed by atoms with Gasteiger partial charge in [0, 0.05) is 10.5 Å². The summed E-state index contributed by atoms with van der Waals surface area (Å²) < 4.78 is 0.451. The summed E-state index contributed by atoms with van der Waals surface area (Å²) in [6, 6.07) is 6.99. The lowest BCUT2D eigenvalue weighted by molar-refractivity contribution is 0.427. The van der Waals surface area contributed by atoms with Crippen LogP contribution in [0.2, 0.25) is 0 Å². The highest BCUT2D eigenvalue weighted by Crippen LogP contribution is 2.52. The van der Waals surface area contributed by atoms with Crippen molar-refractivity contribution in [2.75, 3.05) is 13.1 Å². The lowest BCUT2D eigenvalue weighted by Gasteiger charge is -2.34. The third-order valence-electron chi connectivity index (χ3n) is 3.67. The zero-order valence-electron chi connectivity index (χ0n) is 9.18. The molecule has 15 heavy (non-hydrogen) atoms. The van der Waals surface area contributed by atoms with Crippen LogP contribution in [0.1, 0.15) is 29.5 Å². The van der Waals surface area contributed by atoms with Crippen LogP contribution in [-0.4, -0.2) is 13.1 Å². The topological polar surface area (TPSA) is 12.0 Å². The van der Waals surface area contributed by atoms with E-state index in [0.29, 0.717) is 4.75 Å². The van der Waals surface area contributed by atoms with E-state index in [1.54, 1.807) is 11.1 Å². The Morgan fingerprint density at radius 1 is 1.27 bits per heavy atom. The van der Waals surface area contributed by atoms with Gasteiger partial charge < -0.3 is 5.32 Å². The minimum absolute atomic E-state index is 0.451. The Hall–Kier alpha value is -0.470. The first kappa shape index (κ1) is 9.73. The number of piperidine rings is 1. The van der Waals surface area contributed by atoms with Crippen molar-refractivity contribution in [3.05, 3.63) is 34.9 Å². The van der Waals surface area contributed by atoms with Crippen LogP contribution >= 0.6 is 11.8 Å². The van der Waals surface area contributed by atoms with Gasteiger partial charge in [0.05, 0.1) is 0 Å². The van der Waals surface area contributed by atoms with E-state index in [2.05, 4.69) is 42.2 Å². The zero-order valence-corrected chi connectivity index (χ0v) is 9.99. The molecule has 0 radical (unpaired) electrons. The van der Waals surface area contributed by atoms with Gasteiger partial charge in [-0.2, -0.15) is 0 Å². The summed E-state index contributed by atoms with van der Waals surface area (Å²) in [5.41, 5.74) is 4.62. The van der Waals surface area contributed by atoms with Crippen LogP contribution in [0.4, 0.5) is 0 Å². The first-order valence-electron chi connectivity index (χ1n) is 5.75. The third kappa shape index (κ3) is 1.51. The van der Waals surface area contributed by atoms with E-state index in [9.17, 15) is 0 Å². The number of hydrogen-bond acceptors (Lipinski definition) is 2. The predicted octanol–water partition coefficient (Wildman–Crippen LogP) is 2.82. The maximum absolute atomic E-state index is 3.47. The summed E-state index contributed by atoms with van der Waals surface area (Å²) in [7, 11) is 0. The van der Waals surface area contributed by atoms with Gasteiger partial charge in [-0.05, 0) is 44.0 Å². The molecule has 1 N–H and O–H groups in total. The highest BCUT2D eigenvalue weighted by atomic mass is 32.2. The van der Waals surface area contributed by atoms with Gasteiger partial charge in [-0.3, -0.25) is 0 Å². The molecule has 0 bridgehead atoms. The highest BCUT2D eigenvalue weighted by molar-refractivity contribution is 7.99. The molecule has 1 aromatic rings. The number of hydrogen-bond donors (Lipinski definition) is 1. The fourth-order valence-corrected chi connectivity index (χ4v) is 4.30. The Morgan fingerprint density at radius 2 is 2.07 bits per heavy atom. The fraction of sp³-hybridized carbons (Fsp3) is 0.538. The van der Waals surface area contributed by atoms with E-state index in [0.717, 1.165) is 0 Å². The molecule has 1 spiro atoms. The first-order chi connectivity index (χ1) is 7.30. The maximum atomic E-state index is 3.47. The molecule has 1 saturated heterocycles. The van der Waals surface area contributed by atoms with Gasteiger partial charge >= 0.3 is 0 Å². The summed E-state index contributed by atoms with van der Waals surface area (Å²) in [5, 5.41) is 3.47. The molecule has 0 unspecified atom stereocenters. The van der Waals surface area contributed by atoms with Gasteiger partial charge in [-0.15, -0.1) is 11.8 Å². The van der Waals surface area contributed by atoms with Crippen LogP contribution in [0.15, 0.2) is 18.2 Å². The Balaban J connectivity index is 2.05. The molecule has 1 nitrogen and oxygen atoms in total. The summed E-state index contributed by atoms with van der Waals surface area (Å²) >= 11 is 2.16. The van der Waals surface area contributed by atoms with Crippen molar-refractivity contribution in [1.29, 1.82) is 0 Å². The molecule has 1 fully saturated rings. The molecule has 0 saturated carbocycles. The van der Waals surface area contributed by atoms with Crippen molar-refractivity contribution in [3.63, 3.8) is 0 Å². The van der Waals surface area contributed by atoms with Crippen LogP contribution in [0, 0.1) is 6.92 Å². The number of rotatable bonds is 0. The van der Waals surface area contributed by atoms with Crippen LogP contribution < -0.4 is 5.32 Å². The fourth-order valence-electron chi connectivity index (χ4n) is 2.78. The SMILES string of the molecule is Cc1ccc2c(c1)C1(CCNCC1)SC2. The van der Waals surface area contributed by atoms with E-state index < -0.39 is 0 Å².